The summed E-state index contributed by atoms with van der Waals surface area (Å²) in [6.45, 7) is 0. The van der Waals surface area contributed by atoms with Gasteiger partial charge in [0.05, 0.1) is 7.11 Å². The van der Waals surface area contributed by atoms with Gasteiger partial charge in [-0.25, -0.2) is 4.79 Å². The Kier molecular flexibility index (Phi) is 3.22. The van der Waals surface area contributed by atoms with E-state index in [4.69, 9.17) is 11.6 Å². The van der Waals surface area contributed by atoms with Gasteiger partial charge in [-0.1, -0.05) is 0 Å². The van der Waals surface area contributed by atoms with Gasteiger partial charge in [-0.2, -0.15) is 0 Å². The Bertz CT molecular complexity index is 208. The van der Waals surface area contributed by atoms with E-state index in [1.807, 2.05) is 0 Å². The highest BCUT2D eigenvalue weighted by atomic mass is 35.5. The van der Waals surface area contributed by atoms with Crippen LogP contribution in [0.25, 0.3) is 0 Å². The zero-order valence-electron chi connectivity index (χ0n) is 6.28. The quantitative estimate of drug-likeness (QED) is 0.478. The molecule has 1 rings (SSSR count). The van der Waals surface area contributed by atoms with Crippen molar-refractivity contribution in [3.05, 3.63) is 0 Å². The van der Waals surface area contributed by atoms with Gasteiger partial charge < -0.3 is 9.47 Å². The lowest BCUT2D eigenvalue weighted by Crippen LogP contribution is -2.24. The molecule has 0 saturated carbocycles. The standard InChI is InChI=1S/C6H7ClO4S/c1-10-6(9)11-5-4(8)3(7)2-12-5/h3,5H,2H2,1H3. The lowest BCUT2D eigenvalue weighted by Gasteiger charge is -2.07. The number of thioether (sulfide) groups is 1. The van der Waals surface area contributed by atoms with Crippen LogP contribution in [0.2, 0.25) is 0 Å². The van der Waals surface area contributed by atoms with Gasteiger partial charge in [-0.05, 0) is 0 Å². The minimum absolute atomic E-state index is 0.271. The molecule has 0 radical (unpaired) electrons. The number of ketones is 1. The first kappa shape index (κ1) is 9.67. The zero-order chi connectivity index (χ0) is 9.14. The fraction of sp³-hybridized carbons (Fsp3) is 0.667. The third kappa shape index (κ3) is 2.04. The Morgan fingerprint density at radius 3 is 2.83 bits per heavy atom. The molecule has 1 heterocycles. The third-order valence-electron chi connectivity index (χ3n) is 1.30. The van der Waals surface area contributed by atoms with Crippen LogP contribution in [-0.2, 0) is 14.3 Å². The maximum absolute atomic E-state index is 11.1. The van der Waals surface area contributed by atoms with E-state index in [0.29, 0.717) is 5.75 Å². The molecule has 0 aromatic carbocycles. The van der Waals surface area contributed by atoms with Crippen LogP contribution < -0.4 is 0 Å². The highest BCUT2D eigenvalue weighted by Gasteiger charge is 2.36. The highest BCUT2D eigenvalue weighted by Crippen LogP contribution is 2.27. The molecule has 68 valence electrons. The van der Waals surface area contributed by atoms with Crippen LogP contribution in [0.15, 0.2) is 0 Å². The number of methoxy groups -OCH3 is 1. The zero-order valence-corrected chi connectivity index (χ0v) is 7.85. The second-order valence-corrected chi connectivity index (χ2v) is 3.73. The Labute approximate surface area is 78.5 Å². The molecule has 4 nitrogen and oxygen atoms in total. The van der Waals surface area contributed by atoms with Crippen molar-refractivity contribution in [1.29, 1.82) is 0 Å². The van der Waals surface area contributed by atoms with E-state index in [-0.39, 0.29) is 5.78 Å². The summed E-state index contributed by atoms with van der Waals surface area (Å²) < 4.78 is 8.84. The summed E-state index contributed by atoms with van der Waals surface area (Å²) in [5, 5.41) is -0.551. The van der Waals surface area contributed by atoms with Gasteiger partial charge in [0.2, 0.25) is 11.2 Å². The number of ether oxygens (including phenoxy) is 2. The summed E-state index contributed by atoms with van der Waals surface area (Å²) in [5.41, 5.74) is -0.792. The molecule has 1 aliphatic heterocycles. The van der Waals surface area contributed by atoms with Gasteiger partial charge in [0, 0.05) is 5.75 Å². The number of hydrogen-bond donors (Lipinski definition) is 0. The Balaban J connectivity index is 2.44. The van der Waals surface area contributed by atoms with Crippen molar-refractivity contribution in [2.75, 3.05) is 12.9 Å². The van der Waals surface area contributed by atoms with Crippen LogP contribution in [-0.4, -0.2) is 35.6 Å². The van der Waals surface area contributed by atoms with E-state index in [0.717, 1.165) is 0 Å². The average Bonchev–Trinajstić information content (AvgIpc) is 2.36. The molecule has 0 amide bonds. The van der Waals surface area contributed by atoms with Crippen LogP contribution in [0.1, 0.15) is 0 Å². The van der Waals surface area contributed by atoms with E-state index < -0.39 is 17.0 Å². The molecule has 1 saturated heterocycles. The van der Waals surface area contributed by atoms with Crippen LogP contribution in [0.5, 0.6) is 0 Å². The van der Waals surface area contributed by atoms with E-state index in [9.17, 15) is 9.59 Å². The van der Waals surface area contributed by atoms with Crippen molar-refractivity contribution in [3.8, 4) is 0 Å². The molecule has 0 bridgehead atoms. The largest absolute Gasteiger partial charge is 0.509 e. The SMILES string of the molecule is COC(=O)OC1SCC(Cl)C1=O. The molecule has 0 aromatic rings. The molecule has 1 fully saturated rings. The summed E-state index contributed by atoms with van der Waals surface area (Å²) >= 11 is 6.78. The van der Waals surface area contributed by atoms with Gasteiger partial charge in [-0.3, -0.25) is 4.79 Å². The highest BCUT2D eigenvalue weighted by molar-refractivity contribution is 8.01. The molecule has 2 unspecified atom stereocenters. The monoisotopic (exact) mass is 210 g/mol. The van der Waals surface area contributed by atoms with E-state index in [1.54, 1.807) is 0 Å². The maximum atomic E-state index is 11.1. The maximum Gasteiger partial charge on any atom is 0.509 e. The van der Waals surface area contributed by atoms with Crippen LogP contribution >= 0.6 is 23.4 Å². The second kappa shape index (κ2) is 4.00. The Morgan fingerprint density at radius 2 is 2.42 bits per heavy atom. The number of hydrogen-bond acceptors (Lipinski definition) is 5. The fourth-order valence-corrected chi connectivity index (χ4v) is 2.10. The molecule has 12 heavy (non-hydrogen) atoms. The van der Waals surface area contributed by atoms with Gasteiger partial charge in [0.1, 0.15) is 5.38 Å². The van der Waals surface area contributed by atoms with E-state index in [1.165, 1.54) is 18.9 Å². The van der Waals surface area contributed by atoms with Crippen LogP contribution in [0.4, 0.5) is 4.79 Å². The topological polar surface area (TPSA) is 52.6 Å². The number of alkyl halides is 1. The first-order valence-corrected chi connectivity index (χ1v) is 4.67. The van der Waals surface area contributed by atoms with Crippen molar-refractivity contribution in [3.63, 3.8) is 0 Å². The summed E-state index contributed by atoms with van der Waals surface area (Å²) in [4.78, 5) is 21.6. The van der Waals surface area contributed by atoms with Gasteiger partial charge >= 0.3 is 6.16 Å². The number of carbonyl (C=O) groups is 2. The molecule has 0 spiro atoms. The molecule has 1 aliphatic rings. The molecule has 0 aromatic heterocycles. The molecule has 0 N–H and O–H groups in total. The first-order chi connectivity index (χ1) is 5.65. The molecule has 6 heteroatoms. The molecular weight excluding hydrogens is 204 g/mol. The summed E-state index contributed by atoms with van der Waals surface area (Å²) in [7, 11) is 1.19. The number of Topliss-reactive ketones (excluding diaryl/α,β-unsaturated/α-hetero) is 1. The summed E-state index contributed by atoms with van der Waals surface area (Å²) in [6, 6.07) is 0. The fourth-order valence-electron chi connectivity index (χ4n) is 0.711. The minimum Gasteiger partial charge on any atom is -0.438 e. The van der Waals surface area contributed by atoms with Crippen molar-refractivity contribution in [2.45, 2.75) is 10.8 Å². The second-order valence-electron chi connectivity index (χ2n) is 2.11. The van der Waals surface area contributed by atoms with E-state index >= 15 is 0 Å². The van der Waals surface area contributed by atoms with Gasteiger partial charge in [-0.15, -0.1) is 23.4 Å². The third-order valence-corrected chi connectivity index (χ3v) is 3.01. The smallest absolute Gasteiger partial charge is 0.438 e. The van der Waals surface area contributed by atoms with Crippen molar-refractivity contribution in [2.24, 2.45) is 0 Å². The molecule has 0 aliphatic carbocycles. The van der Waals surface area contributed by atoms with E-state index in [2.05, 4.69) is 9.47 Å². The lowest BCUT2D eigenvalue weighted by molar-refractivity contribution is -0.122. The predicted octanol–water partition coefficient (Wildman–Crippen LogP) is 1.02. The summed E-state index contributed by atoms with van der Waals surface area (Å²) in [6.07, 6.45) is -0.855. The lowest BCUT2D eigenvalue weighted by atomic mass is 10.3. The Hall–Kier alpha value is -0.420. The predicted molar refractivity (Wildman–Crippen MR) is 44.4 cm³/mol. The molecule has 2 atom stereocenters. The van der Waals surface area contributed by atoms with Crippen LogP contribution in [0, 0.1) is 0 Å². The van der Waals surface area contributed by atoms with Crippen LogP contribution in [0.3, 0.4) is 0 Å². The first-order valence-electron chi connectivity index (χ1n) is 3.19. The number of carbonyl (C=O) groups excluding carboxylic acids is 2. The van der Waals surface area contributed by atoms with Gasteiger partial charge in [0.25, 0.3) is 0 Å². The van der Waals surface area contributed by atoms with Crippen molar-refractivity contribution < 1.29 is 19.1 Å². The average molecular weight is 211 g/mol. The number of halogens is 1. The van der Waals surface area contributed by atoms with Gasteiger partial charge in [0.15, 0.2) is 0 Å². The number of rotatable bonds is 1. The molecular formula is C6H7ClO4S. The Morgan fingerprint density at radius 1 is 1.75 bits per heavy atom. The summed E-state index contributed by atoms with van der Waals surface area (Å²) in [5.74, 6) is 0.203. The minimum atomic E-state index is -0.855. The van der Waals surface area contributed by atoms with Crippen molar-refractivity contribution in [1.82, 2.24) is 0 Å². The van der Waals surface area contributed by atoms with Crippen molar-refractivity contribution >= 4 is 35.3 Å². The normalized spacial score (nSPS) is 28.7.